The van der Waals surface area contributed by atoms with Gasteiger partial charge in [0.25, 0.3) is 5.91 Å². The first-order valence-corrected chi connectivity index (χ1v) is 11.2. The van der Waals surface area contributed by atoms with Gasteiger partial charge in [0.1, 0.15) is 11.7 Å². The summed E-state index contributed by atoms with van der Waals surface area (Å²) in [6.07, 6.45) is -5.00. The highest BCUT2D eigenvalue weighted by Gasteiger charge is 2.66. The Balaban J connectivity index is 1.72. The number of hydrogen-bond donors (Lipinski definition) is 2. The molecule has 1 amide bonds. The Morgan fingerprint density at radius 3 is 2.61 bits per heavy atom. The Labute approximate surface area is 203 Å². The van der Waals surface area contributed by atoms with Crippen LogP contribution in [0.3, 0.4) is 0 Å². The molecule has 12 heteroatoms. The first kappa shape index (κ1) is 26.2. The van der Waals surface area contributed by atoms with Crippen LogP contribution in [0, 0.1) is 17.6 Å². The second-order valence-electron chi connectivity index (χ2n) is 9.19. The number of carbonyl (C=O) groups excluding carboxylic acids is 1. The number of carbonyl (C=O) groups is 1. The zero-order chi connectivity index (χ0) is 26.5. The number of aromatic nitrogens is 1. The highest BCUT2D eigenvalue weighted by atomic mass is 19.4. The molecule has 0 spiro atoms. The molecule has 0 radical (unpaired) electrons. The van der Waals surface area contributed by atoms with Gasteiger partial charge in [-0.2, -0.15) is 17.6 Å². The second-order valence-corrected chi connectivity index (χ2v) is 9.19. The van der Waals surface area contributed by atoms with Crippen molar-refractivity contribution >= 4 is 11.6 Å². The Morgan fingerprint density at radius 1 is 1.28 bits per heavy atom. The molecule has 2 aliphatic rings. The second kappa shape index (κ2) is 9.24. The molecule has 2 aromatic rings. The number of nitrogens with zero attached hydrogens (tertiary/aromatic N) is 1. The quantitative estimate of drug-likeness (QED) is 0.583. The van der Waals surface area contributed by atoms with Gasteiger partial charge in [0.15, 0.2) is 17.2 Å². The number of anilines is 1. The van der Waals surface area contributed by atoms with E-state index in [1.165, 1.54) is 25.3 Å². The van der Waals surface area contributed by atoms with Gasteiger partial charge in [-0.15, -0.1) is 0 Å². The van der Waals surface area contributed by atoms with Crippen molar-refractivity contribution < 1.29 is 46.1 Å². The maximum Gasteiger partial charge on any atom is 0.417 e. The molecule has 3 heterocycles. The Bertz CT molecular complexity index is 1150. The summed E-state index contributed by atoms with van der Waals surface area (Å²) in [5, 5.41) is 13.2. The van der Waals surface area contributed by atoms with E-state index in [9.17, 15) is 31.9 Å². The fraction of sp³-hybridized carbons (Fsp3) is 0.500. The molecule has 0 bridgehead atoms. The van der Waals surface area contributed by atoms with Crippen molar-refractivity contribution in [2.45, 2.75) is 49.7 Å². The summed E-state index contributed by atoms with van der Waals surface area (Å²) in [6, 6.07) is 4.64. The van der Waals surface area contributed by atoms with E-state index in [0.717, 1.165) is 26.2 Å². The number of hydrogen-bond acceptors (Lipinski definition) is 6. The third kappa shape index (κ3) is 4.31. The maximum atomic E-state index is 14.5. The summed E-state index contributed by atoms with van der Waals surface area (Å²) in [7, 11) is 1.05. The smallest absolute Gasteiger partial charge is 0.417 e. The largest absolute Gasteiger partial charge is 0.493 e. The molecule has 7 nitrogen and oxygen atoms in total. The average Bonchev–Trinajstić information content (AvgIpc) is 3.38. The van der Waals surface area contributed by atoms with Crippen LogP contribution in [-0.4, -0.2) is 54.2 Å². The lowest BCUT2D eigenvalue weighted by Gasteiger charge is -2.32. The van der Waals surface area contributed by atoms with Gasteiger partial charge in [0, 0.05) is 42.3 Å². The first-order chi connectivity index (χ1) is 16.8. The van der Waals surface area contributed by atoms with Crippen molar-refractivity contribution in [1.82, 2.24) is 4.98 Å². The minimum absolute atomic E-state index is 0.00257. The number of methoxy groups -OCH3 is 1. The number of rotatable bonds is 5. The van der Waals surface area contributed by atoms with E-state index in [0.29, 0.717) is 6.61 Å². The molecule has 2 fully saturated rings. The first-order valence-electron chi connectivity index (χ1n) is 11.2. The Kier molecular flexibility index (Phi) is 6.73. The number of halogens is 5. The maximum absolute atomic E-state index is 14.5. The topological polar surface area (TPSA) is 89.9 Å². The zero-order valence-corrected chi connectivity index (χ0v) is 19.7. The molecule has 2 N–H and O–H groups in total. The van der Waals surface area contributed by atoms with Crippen molar-refractivity contribution in [2.75, 3.05) is 25.6 Å². The zero-order valence-electron chi connectivity index (χ0n) is 19.7. The summed E-state index contributed by atoms with van der Waals surface area (Å²) in [5.74, 6) is -6.90. The predicted octanol–water partition coefficient (Wildman–Crippen LogP) is 4.05. The van der Waals surface area contributed by atoms with Crippen LogP contribution in [-0.2, 0) is 19.9 Å². The summed E-state index contributed by atoms with van der Waals surface area (Å²) >= 11 is 0. The fourth-order valence-corrected chi connectivity index (χ4v) is 4.77. The number of nitrogens with one attached hydrogen (secondary N) is 1. The Hall–Kier alpha value is -2.83. The SMILES string of the molecule is COc1c([C@H]2[C@H](C(=O)Nc3ccnc([C@@]4(O)CCOC4)c3)O[C@@](C)(C(F)(F)F)[C@H]2C)ccc(F)c1F. The minimum Gasteiger partial charge on any atom is -0.493 e. The van der Waals surface area contributed by atoms with Crippen LogP contribution < -0.4 is 10.1 Å². The molecule has 4 rings (SSSR count). The molecule has 36 heavy (non-hydrogen) atoms. The van der Waals surface area contributed by atoms with Crippen LogP contribution in [0.4, 0.5) is 27.6 Å². The molecule has 2 aliphatic heterocycles. The standard InChI is InChI=1S/C24H25F5N2O5/c1-12-17(14-4-5-15(25)18(26)19(14)34-3)20(36-22(12,2)24(27,28)29)21(32)31-13-6-8-30-16(10-13)23(33)7-9-35-11-23/h4-6,8,10,12,17,20,33H,7,9,11H2,1-3H3,(H,30,31,32)/t12-,17-,20+,22+,23+/m0/s1. The number of alkyl halides is 3. The summed E-state index contributed by atoms with van der Waals surface area (Å²) in [4.78, 5) is 17.4. The van der Waals surface area contributed by atoms with E-state index >= 15 is 0 Å². The van der Waals surface area contributed by atoms with E-state index in [-0.39, 0.29) is 30.0 Å². The average molecular weight is 516 g/mol. The number of pyridine rings is 1. The van der Waals surface area contributed by atoms with Crippen LogP contribution in [0.25, 0.3) is 0 Å². The van der Waals surface area contributed by atoms with E-state index in [1.54, 1.807) is 0 Å². The highest BCUT2D eigenvalue weighted by molar-refractivity contribution is 5.95. The van der Waals surface area contributed by atoms with Crippen LogP contribution >= 0.6 is 0 Å². The normalized spacial score (nSPS) is 30.4. The minimum atomic E-state index is -4.87. The number of ether oxygens (including phenoxy) is 3. The van der Waals surface area contributed by atoms with Crippen molar-refractivity contribution in [3.05, 3.63) is 53.4 Å². The summed E-state index contributed by atoms with van der Waals surface area (Å²) < 4.78 is 86.1. The molecule has 0 unspecified atom stereocenters. The van der Waals surface area contributed by atoms with Crippen molar-refractivity contribution in [3.8, 4) is 5.75 Å². The van der Waals surface area contributed by atoms with E-state index < -0.39 is 58.6 Å². The van der Waals surface area contributed by atoms with Crippen LogP contribution in [0.1, 0.15) is 37.4 Å². The molecule has 5 atom stereocenters. The number of amides is 1. The van der Waals surface area contributed by atoms with Gasteiger partial charge in [-0.05, 0) is 25.1 Å². The van der Waals surface area contributed by atoms with Gasteiger partial charge in [0.05, 0.1) is 19.4 Å². The lowest BCUT2D eigenvalue weighted by Crippen LogP contribution is -2.47. The molecule has 2 saturated heterocycles. The predicted molar refractivity (Wildman–Crippen MR) is 116 cm³/mol. The van der Waals surface area contributed by atoms with Crippen molar-refractivity contribution in [2.24, 2.45) is 5.92 Å². The molecule has 196 valence electrons. The van der Waals surface area contributed by atoms with E-state index in [4.69, 9.17) is 14.2 Å². The highest BCUT2D eigenvalue weighted by Crippen LogP contribution is 2.55. The third-order valence-corrected chi connectivity index (χ3v) is 7.08. The molecular weight excluding hydrogens is 491 g/mol. The van der Waals surface area contributed by atoms with Crippen LogP contribution in [0.15, 0.2) is 30.5 Å². The molecular formula is C24H25F5N2O5. The lowest BCUT2D eigenvalue weighted by atomic mass is 9.77. The number of benzene rings is 1. The van der Waals surface area contributed by atoms with Gasteiger partial charge >= 0.3 is 6.18 Å². The van der Waals surface area contributed by atoms with Gasteiger partial charge < -0.3 is 24.6 Å². The van der Waals surface area contributed by atoms with Crippen molar-refractivity contribution in [1.29, 1.82) is 0 Å². The fourth-order valence-electron chi connectivity index (χ4n) is 4.77. The molecule has 0 saturated carbocycles. The van der Waals surface area contributed by atoms with Gasteiger partial charge in [-0.25, -0.2) is 4.39 Å². The van der Waals surface area contributed by atoms with E-state index in [1.807, 2.05) is 0 Å². The summed E-state index contributed by atoms with van der Waals surface area (Å²) in [6.45, 7) is 2.36. The van der Waals surface area contributed by atoms with Crippen LogP contribution in [0.2, 0.25) is 0 Å². The van der Waals surface area contributed by atoms with Crippen LogP contribution in [0.5, 0.6) is 5.75 Å². The molecule has 1 aromatic heterocycles. The molecule has 1 aromatic carbocycles. The monoisotopic (exact) mass is 516 g/mol. The van der Waals surface area contributed by atoms with Gasteiger partial charge in [0.2, 0.25) is 5.82 Å². The summed E-state index contributed by atoms with van der Waals surface area (Å²) in [5.41, 5.74) is -3.90. The number of aliphatic hydroxyl groups is 1. The lowest BCUT2D eigenvalue weighted by molar-refractivity contribution is -0.272. The van der Waals surface area contributed by atoms with Crippen molar-refractivity contribution in [3.63, 3.8) is 0 Å². The Morgan fingerprint density at radius 2 is 2.00 bits per heavy atom. The van der Waals surface area contributed by atoms with E-state index in [2.05, 4.69) is 10.3 Å². The molecule has 0 aliphatic carbocycles. The third-order valence-electron chi connectivity index (χ3n) is 7.08. The van der Waals surface area contributed by atoms with Gasteiger partial charge in [-0.1, -0.05) is 13.0 Å². The van der Waals surface area contributed by atoms with Gasteiger partial charge in [-0.3, -0.25) is 9.78 Å².